The van der Waals surface area contributed by atoms with Crippen LogP contribution in [0.4, 0.5) is 11.4 Å². The molecule has 0 aliphatic heterocycles. The summed E-state index contributed by atoms with van der Waals surface area (Å²) < 4.78 is 6.59. The molecule has 0 fully saturated rings. The summed E-state index contributed by atoms with van der Waals surface area (Å²) in [5, 5.41) is 10.7. The van der Waals surface area contributed by atoms with Crippen LogP contribution in [0.1, 0.15) is 5.56 Å². The summed E-state index contributed by atoms with van der Waals surface area (Å²) in [6.45, 7) is 0.234. The minimum atomic E-state index is -0.543. The molecule has 0 unspecified atom stereocenters. The van der Waals surface area contributed by atoms with Crippen LogP contribution in [0.2, 0.25) is 0 Å². The number of hydrogen-bond acceptors (Lipinski definition) is 5. The van der Waals surface area contributed by atoms with Crippen LogP contribution in [0.5, 0.6) is 0 Å². The third kappa shape index (κ3) is 2.25. The Labute approximate surface area is 118 Å². The molecule has 0 saturated heterocycles. The van der Waals surface area contributed by atoms with Crippen LogP contribution in [0.3, 0.4) is 0 Å². The molecule has 0 amide bonds. The van der Waals surface area contributed by atoms with Gasteiger partial charge in [0.05, 0.1) is 17.0 Å². The Bertz CT molecular complexity index is 895. The van der Waals surface area contributed by atoms with Crippen LogP contribution in [0.25, 0.3) is 11.1 Å². The zero-order valence-corrected chi connectivity index (χ0v) is 10.9. The van der Waals surface area contributed by atoms with Gasteiger partial charge in [-0.3, -0.25) is 14.7 Å². The van der Waals surface area contributed by atoms with E-state index in [-0.39, 0.29) is 17.9 Å². The number of benzene rings is 2. The average molecular weight is 285 g/mol. The maximum absolute atomic E-state index is 11.9. The first-order valence-electron chi connectivity index (χ1n) is 6.17. The van der Waals surface area contributed by atoms with Crippen molar-refractivity contribution in [3.05, 3.63) is 68.7 Å². The summed E-state index contributed by atoms with van der Waals surface area (Å²) >= 11 is 0. The zero-order chi connectivity index (χ0) is 15.0. The summed E-state index contributed by atoms with van der Waals surface area (Å²) in [5.41, 5.74) is 7.42. The first-order chi connectivity index (χ1) is 10.1. The summed E-state index contributed by atoms with van der Waals surface area (Å²) in [6.07, 6.45) is 0. The molecule has 0 aliphatic rings. The number of nitrogens with two attached hydrogens (primary N) is 1. The quantitative estimate of drug-likeness (QED) is 0.451. The van der Waals surface area contributed by atoms with Crippen LogP contribution in [-0.2, 0) is 6.54 Å². The fraction of sp³-hybridized carbons (Fsp3) is 0.0714. The van der Waals surface area contributed by atoms with E-state index >= 15 is 0 Å². The third-order valence-electron chi connectivity index (χ3n) is 3.20. The van der Waals surface area contributed by atoms with Gasteiger partial charge in [-0.25, -0.2) is 4.79 Å². The first kappa shape index (κ1) is 12.9. The van der Waals surface area contributed by atoms with Gasteiger partial charge in [0.2, 0.25) is 0 Å². The zero-order valence-electron chi connectivity index (χ0n) is 10.9. The molecule has 3 rings (SSSR count). The summed E-state index contributed by atoms with van der Waals surface area (Å²) in [7, 11) is 0. The second kappa shape index (κ2) is 4.78. The van der Waals surface area contributed by atoms with Crippen molar-refractivity contribution in [3.8, 4) is 0 Å². The van der Waals surface area contributed by atoms with Gasteiger partial charge < -0.3 is 10.2 Å². The van der Waals surface area contributed by atoms with Crippen molar-refractivity contribution in [2.45, 2.75) is 6.54 Å². The summed E-state index contributed by atoms with van der Waals surface area (Å²) in [6, 6.07) is 11.5. The Balaban J connectivity index is 2.03. The van der Waals surface area contributed by atoms with Crippen molar-refractivity contribution in [3.63, 3.8) is 0 Å². The second-order valence-electron chi connectivity index (χ2n) is 4.57. The molecule has 3 aromatic rings. The fourth-order valence-electron chi connectivity index (χ4n) is 2.21. The standard InChI is InChI=1S/C14H11N3O4/c15-10-7-9(5-6-11(10)17(19)20)8-16-12-3-1-2-4-13(12)21-14(16)18/h1-7H,8,15H2. The lowest BCUT2D eigenvalue weighted by Gasteiger charge is -2.04. The van der Waals surface area contributed by atoms with Gasteiger partial charge in [0.25, 0.3) is 5.69 Å². The number of oxazole rings is 1. The summed E-state index contributed by atoms with van der Waals surface area (Å²) in [4.78, 5) is 22.1. The number of rotatable bonds is 3. The molecule has 1 heterocycles. The van der Waals surface area contributed by atoms with Gasteiger partial charge in [0, 0.05) is 6.07 Å². The highest BCUT2D eigenvalue weighted by molar-refractivity contribution is 5.72. The van der Waals surface area contributed by atoms with E-state index in [0.29, 0.717) is 16.7 Å². The highest BCUT2D eigenvalue weighted by Crippen LogP contribution is 2.23. The number of hydrogen-bond donors (Lipinski definition) is 1. The van der Waals surface area contributed by atoms with E-state index in [2.05, 4.69) is 0 Å². The number of anilines is 1. The molecule has 106 valence electrons. The molecule has 7 heteroatoms. The van der Waals surface area contributed by atoms with E-state index < -0.39 is 10.7 Å². The van der Waals surface area contributed by atoms with E-state index in [9.17, 15) is 14.9 Å². The topological polar surface area (TPSA) is 104 Å². The van der Waals surface area contributed by atoms with Gasteiger partial charge in [-0.05, 0) is 23.8 Å². The van der Waals surface area contributed by atoms with Crippen LogP contribution in [0, 0.1) is 10.1 Å². The molecule has 0 bridgehead atoms. The maximum Gasteiger partial charge on any atom is 0.420 e. The molecular weight excluding hydrogens is 274 g/mol. The molecule has 0 aliphatic carbocycles. The van der Waals surface area contributed by atoms with E-state index in [1.54, 1.807) is 30.3 Å². The van der Waals surface area contributed by atoms with Crippen LogP contribution >= 0.6 is 0 Å². The van der Waals surface area contributed by atoms with Crippen LogP contribution in [-0.4, -0.2) is 9.49 Å². The number of aromatic nitrogens is 1. The lowest BCUT2D eigenvalue weighted by molar-refractivity contribution is -0.383. The van der Waals surface area contributed by atoms with E-state index in [0.717, 1.165) is 0 Å². The smallest absolute Gasteiger partial charge is 0.408 e. The maximum atomic E-state index is 11.9. The van der Waals surface area contributed by atoms with Crippen LogP contribution < -0.4 is 11.5 Å². The molecule has 0 saturated carbocycles. The highest BCUT2D eigenvalue weighted by Gasteiger charge is 2.13. The van der Waals surface area contributed by atoms with Crippen molar-refractivity contribution in [1.82, 2.24) is 4.57 Å². The number of fused-ring (bicyclic) bond motifs is 1. The number of para-hydroxylation sites is 2. The third-order valence-corrected chi connectivity index (χ3v) is 3.20. The number of nitro groups is 1. The molecule has 2 N–H and O–H groups in total. The van der Waals surface area contributed by atoms with E-state index in [4.69, 9.17) is 10.2 Å². The van der Waals surface area contributed by atoms with Gasteiger partial charge in [-0.1, -0.05) is 18.2 Å². The Morgan fingerprint density at radius 3 is 2.71 bits per heavy atom. The summed E-state index contributed by atoms with van der Waals surface area (Å²) in [5.74, 6) is -0.479. The van der Waals surface area contributed by atoms with Crippen molar-refractivity contribution < 1.29 is 9.34 Å². The average Bonchev–Trinajstić information content (AvgIpc) is 2.75. The van der Waals surface area contributed by atoms with Crippen molar-refractivity contribution in [1.29, 1.82) is 0 Å². The number of nitrogens with zero attached hydrogens (tertiary/aromatic N) is 2. The first-order valence-corrected chi connectivity index (χ1v) is 6.17. The monoisotopic (exact) mass is 285 g/mol. The van der Waals surface area contributed by atoms with Gasteiger partial charge in [-0.2, -0.15) is 0 Å². The lowest BCUT2D eigenvalue weighted by atomic mass is 10.1. The molecule has 21 heavy (non-hydrogen) atoms. The van der Waals surface area contributed by atoms with Crippen molar-refractivity contribution >= 4 is 22.5 Å². The highest BCUT2D eigenvalue weighted by atomic mass is 16.6. The van der Waals surface area contributed by atoms with Gasteiger partial charge in [-0.15, -0.1) is 0 Å². The predicted octanol–water partition coefficient (Wildman–Crippen LogP) is 2.13. The predicted molar refractivity (Wildman–Crippen MR) is 77.1 cm³/mol. The van der Waals surface area contributed by atoms with Gasteiger partial charge in [0.15, 0.2) is 5.58 Å². The lowest BCUT2D eigenvalue weighted by Crippen LogP contribution is -2.15. The van der Waals surface area contributed by atoms with Crippen molar-refractivity contribution in [2.75, 3.05) is 5.73 Å². The normalized spacial score (nSPS) is 10.9. The Kier molecular flexibility index (Phi) is 2.94. The second-order valence-corrected chi connectivity index (χ2v) is 4.57. The minimum Gasteiger partial charge on any atom is -0.408 e. The molecule has 0 spiro atoms. The Morgan fingerprint density at radius 2 is 2.00 bits per heavy atom. The SMILES string of the molecule is Nc1cc(Cn2c(=O)oc3ccccc32)ccc1[N+](=O)[O-]. The fourth-order valence-corrected chi connectivity index (χ4v) is 2.21. The largest absolute Gasteiger partial charge is 0.420 e. The van der Waals surface area contributed by atoms with E-state index in [1.807, 2.05) is 0 Å². The molecule has 2 aromatic carbocycles. The van der Waals surface area contributed by atoms with Gasteiger partial charge in [0.1, 0.15) is 5.69 Å². The van der Waals surface area contributed by atoms with Gasteiger partial charge >= 0.3 is 5.76 Å². The minimum absolute atomic E-state index is 0.0679. The van der Waals surface area contributed by atoms with Crippen molar-refractivity contribution in [2.24, 2.45) is 0 Å². The van der Waals surface area contributed by atoms with Crippen LogP contribution in [0.15, 0.2) is 51.7 Å². The Hall–Kier alpha value is -3.09. The molecule has 7 nitrogen and oxygen atoms in total. The number of nitrogen functional groups attached to an aromatic ring is 1. The number of nitro benzene ring substituents is 1. The Morgan fingerprint density at radius 1 is 1.24 bits per heavy atom. The molecular formula is C14H11N3O4. The molecule has 1 aromatic heterocycles. The molecule has 0 atom stereocenters. The van der Waals surface area contributed by atoms with E-state index in [1.165, 1.54) is 16.7 Å². The molecule has 0 radical (unpaired) electrons.